The molecule has 0 spiro atoms. The summed E-state index contributed by atoms with van der Waals surface area (Å²) >= 11 is 0. The van der Waals surface area contributed by atoms with E-state index in [0.29, 0.717) is 30.2 Å². The Morgan fingerprint density at radius 1 is 1.12 bits per heavy atom. The topological polar surface area (TPSA) is 85.3 Å². The van der Waals surface area contributed by atoms with Gasteiger partial charge in [-0.3, -0.25) is 10.1 Å². The van der Waals surface area contributed by atoms with Crippen LogP contribution in [0.2, 0.25) is 0 Å². The number of anilines is 1. The fourth-order valence-electron chi connectivity index (χ4n) is 2.88. The number of nitrogens with zero attached hydrogens (tertiary/aromatic N) is 4. The van der Waals surface area contributed by atoms with Gasteiger partial charge in [-0.2, -0.15) is 4.98 Å². The van der Waals surface area contributed by atoms with E-state index in [-0.39, 0.29) is 16.5 Å². The van der Waals surface area contributed by atoms with Crippen LogP contribution in [-0.4, -0.2) is 28.2 Å². The van der Waals surface area contributed by atoms with Gasteiger partial charge in [0.15, 0.2) is 0 Å². The van der Waals surface area contributed by atoms with Gasteiger partial charge in [0.05, 0.1) is 4.92 Å². The maximum absolute atomic E-state index is 11.5. The van der Waals surface area contributed by atoms with Gasteiger partial charge >= 0.3 is 0 Å². The van der Waals surface area contributed by atoms with Crippen molar-refractivity contribution in [1.29, 1.82) is 0 Å². The zero-order valence-electron chi connectivity index (χ0n) is 15.0. The summed E-state index contributed by atoms with van der Waals surface area (Å²) in [5, 5.41) is 15.5. The van der Waals surface area contributed by atoms with Crippen molar-refractivity contribution in [3.8, 4) is 22.8 Å². The third-order valence-corrected chi connectivity index (χ3v) is 4.23. The molecule has 7 nitrogen and oxygen atoms in total. The first-order chi connectivity index (χ1) is 12.5. The second kappa shape index (κ2) is 7.35. The highest BCUT2D eigenvalue weighted by Gasteiger charge is 2.21. The Balaban J connectivity index is 2.00. The summed E-state index contributed by atoms with van der Waals surface area (Å²) in [6, 6.07) is 12.8. The largest absolute Gasteiger partial charge is 0.367 e. The third kappa shape index (κ3) is 3.42. The van der Waals surface area contributed by atoms with Crippen LogP contribution in [0, 0.1) is 17.0 Å². The van der Waals surface area contributed by atoms with Crippen LogP contribution in [0.4, 0.5) is 11.4 Å². The average molecular weight is 352 g/mol. The number of nitro groups is 1. The van der Waals surface area contributed by atoms with Crippen LogP contribution in [0.3, 0.4) is 0 Å². The van der Waals surface area contributed by atoms with Gasteiger partial charge in [0.25, 0.3) is 11.6 Å². The molecule has 0 unspecified atom stereocenters. The van der Waals surface area contributed by atoms with Crippen molar-refractivity contribution in [1.82, 2.24) is 10.1 Å². The molecule has 0 aliphatic heterocycles. The zero-order valence-corrected chi connectivity index (χ0v) is 15.0. The van der Waals surface area contributed by atoms with Crippen LogP contribution in [0.1, 0.15) is 19.4 Å². The van der Waals surface area contributed by atoms with Crippen molar-refractivity contribution < 1.29 is 9.45 Å². The lowest BCUT2D eigenvalue weighted by Crippen LogP contribution is -2.22. The summed E-state index contributed by atoms with van der Waals surface area (Å²) in [5.41, 5.74) is 3.07. The lowest BCUT2D eigenvalue weighted by atomic mass is 10.1. The standard InChI is InChI=1S/C19H20N4O3/c1-4-22(5-2)16-10-9-15(12-17(16)23(24)25)19-20-18(21-26-19)14-8-6-7-13(3)11-14/h6-12H,4-5H2,1-3H3. The molecule has 0 radical (unpaired) electrons. The highest BCUT2D eigenvalue weighted by atomic mass is 16.6. The van der Waals surface area contributed by atoms with Crippen molar-refractivity contribution in [2.75, 3.05) is 18.0 Å². The van der Waals surface area contributed by atoms with E-state index in [9.17, 15) is 10.1 Å². The number of aryl methyl sites for hydroxylation is 1. The molecule has 134 valence electrons. The normalized spacial score (nSPS) is 10.7. The molecule has 0 amide bonds. The van der Waals surface area contributed by atoms with Crippen molar-refractivity contribution in [3.05, 3.63) is 58.1 Å². The van der Waals surface area contributed by atoms with Gasteiger partial charge in [0.1, 0.15) is 5.69 Å². The van der Waals surface area contributed by atoms with Crippen LogP contribution < -0.4 is 4.90 Å². The summed E-state index contributed by atoms with van der Waals surface area (Å²) in [6.07, 6.45) is 0. The number of hydrogen-bond acceptors (Lipinski definition) is 6. The van der Waals surface area contributed by atoms with Gasteiger partial charge in [-0.25, -0.2) is 0 Å². The first-order valence-corrected chi connectivity index (χ1v) is 8.48. The van der Waals surface area contributed by atoms with Crippen LogP contribution in [0.15, 0.2) is 47.0 Å². The van der Waals surface area contributed by atoms with E-state index in [4.69, 9.17) is 4.52 Å². The molecule has 3 rings (SSSR count). The molecule has 7 heteroatoms. The molecule has 1 aromatic heterocycles. The summed E-state index contributed by atoms with van der Waals surface area (Å²) in [7, 11) is 0. The van der Waals surface area contributed by atoms with Crippen molar-refractivity contribution in [2.24, 2.45) is 0 Å². The maximum Gasteiger partial charge on any atom is 0.293 e. The Bertz CT molecular complexity index is 932. The molecule has 0 aliphatic rings. The Hall–Kier alpha value is -3.22. The number of benzene rings is 2. The Kier molecular flexibility index (Phi) is 4.97. The predicted molar refractivity (Wildman–Crippen MR) is 100 cm³/mol. The smallest absolute Gasteiger partial charge is 0.293 e. The quantitative estimate of drug-likeness (QED) is 0.481. The molecular formula is C19H20N4O3. The zero-order chi connectivity index (χ0) is 18.7. The molecule has 0 saturated carbocycles. The number of rotatable bonds is 6. The van der Waals surface area contributed by atoms with E-state index in [1.54, 1.807) is 12.1 Å². The third-order valence-electron chi connectivity index (χ3n) is 4.23. The van der Waals surface area contributed by atoms with Gasteiger partial charge in [-0.05, 0) is 39.0 Å². The molecule has 26 heavy (non-hydrogen) atoms. The molecule has 0 aliphatic carbocycles. The minimum atomic E-state index is -0.380. The lowest BCUT2D eigenvalue weighted by molar-refractivity contribution is -0.384. The van der Waals surface area contributed by atoms with Crippen LogP contribution in [-0.2, 0) is 0 Å². The maximum atomic E-state index is 11.5. The second-order valence-electron chi connectivity index (χ2n) is 5.93. The van der Waals surface area contributed by atoms with E-state index < -0.39 is 0 Å². The second-order valence-corrected chi connectivity index (χ2v) is 5.93. The first kappa shape index (κ1) is 17.6. The van der Waals surface area contributed by atoms with Crippen LogP contribution in [0.5, 0.6) is 0 Å². The van der Waals surface area contributed by atoms with Gasteiger partial charge in [0.2, 0.25) is 5.82 Å². The predicted octanol–water partition coefficient (Wildman–Crippen LogP) is 4.47. The molecule has 2 aromatic carbocycles. The molecule has 0 fully saturated rings. The Morgan fingerprint density at radius 2 is 1.88 bits per heavy atom. The molecule has 3 aromatic rings. The summed E-state index contributed by atoms with van der Waals surface area (Å²) < 4.78 is 5.34. The SMILES string of the molecule is CCN(CC)c1ccc(-c2nc(-c3cccc(C)c3)no2)cc1[N+](=O)[O-]. The summed E-state index contributed by atoms with van der Waals surface area (Å²) in [6.45, 7) is 7.30. The van der Waals surface area contributed by atoms with Crippen molar-refractivity contribution in [3.63, 3.8) is 0 Å². The van der Waals surface area contributed by atoms with E-state index in [0.717, 1.165) is 11.1 Å². The van der Waals surface area contributed by atoms with Gasteiger partial charge in [0, 0.05) is 30.3 Å². The number of nitro benzene ring substituents is 1. The average Bonchev–Trinajstić information content (AvgIpc) is 3.13. The highest BCUT2D eigenvalue weighted by Crippen LogP contribution is 2.33. The van der Waals surface area contributed by atoms with Crippen molar-refractivity contribution in [2.45, 2.75) is 20.8 Å². The number of hydrogen-bond donors (Lipinski definition) is 0. The minimum absolute atomic E-state index is 0.0292. The molecule has 0 atom stereocenters. The highest BCUT2D eigenvalue weighted by molar-refractivity contribution is 5.71. The van der Waals surface area contributed by atoms with Gasteiger partial charge in [-0.15, -0.1) is 0 Å². The fourth-order valence-corrected chi connectivity index (χ4v) is 2.88. The molecule has 0 bridgehead atoms. The Morgan fingerprint density at radius 3 is 2.54 bits per heavy atom. The molecular weight excluding hydrogens is 332 g/mol. The van der Waals surface area contributed by atoms with E-state index in [1.807, 2.05) is 49.9 Å². The number of aromatic nitrogens is 2. The van der Waals surface area contributed by atoms with Crippen LogP contribution in [0.25, 0.3) is 22.8 Å². The van der Waals surface area contributed by atoms with Crippen molar-refractivity contribution >= 4 is 11.4 Å². The van der Waals surface area contributed by atoms with E-state index >= 15 is 0 Å². The monoisotopic (exact) mass is 352 g/mol. The Labute approximate surface area is 151 Å². The lowest BCUT2D eigenvalue weighted by Gasteiger charge is -2.20. The van der Waals surface area contributed by atoms with Crippen LogP contribution >= 0.6 is 0 Å². The van der Waals surface area contributed by atoms with E-state index in [1.165, 1.54) is 6.07 Å². The minimum Gasteiger partial charge on any atom is -0.367 e. The fraction of sp³-hybridized carbons (Fsp3) is 0.263. The van der Waals surface area contributed by atoms with Gasteiger partial charge in [-0.1, -0.05) is 28.9 Å². The summed E-state index contributed by atoms with van der Waals surface area (Å²) in [5.74, 6) is 0.717. The molecule has 0 saturated heterocycles. The van der Waals surface area contributed by atoms with E-state index in [2.05, 4.69) is 10.1 Å². The molecule has 0 N–H and O–H groups in total. The van der Waals surface area contributed by atoms with Gasteiger partial charge < -0.3 is 9.42 Å². The first-order valence-electron chi connectivity index (χ1n) is 8.48. The molecule has 1 heterocycles. The summed E-state index contributed by atoms with van der Waals surface area (Å²) in [4.78, 5) is 17.5.